The van der Waals surface area contributed by atoms with Gasteiger partial charge < -0.3 is 10.4 Å². The predicted molar refractivity (Wildman–Crippen MR) is 65.4 cm³/mol. The van der Waals surface area contributed by atoms with Gasteiger partial charge in [0.2, 0.25) is 5.91 Å². The summed E-state index contributed by atoms with van der Waals surface area (Å²) in [6.07, 6.45) is 0. The summed E-state index contributed by atoms with van der Waals surface area (Å²) in [5.41, 5.74) is 0.557. The van der Waals surface area contributed by atoms with E-state index >= 15 is 0 Å². The van der Waals surface area contributed by atoms with Crippen molar-refractivity contribution in [3.8, 4) is 5.75 Å². The van der Waals surface area contributed by atoms with E-state index in [4.69, 9.17) is 0 Å². The van der Waals surface area contributed by atoms with Crippen molar-refractivity contribution in [2.24, 2.45) is 11.3 Å². The van der Waals surface area contributed by atoms with Crippen LogP contribution in [0.3, 0.4) is 0 Å². The number of phenolic OH excluding ortho intramolecular Hbond substituents is 1. The minimum Gasteiger partial charge on any atom is -0.508 e. The maximum atomic E-state index is 11.9. The summed E-state index contributed by atoms with van der Waals surface area (Å²) in [6.45, 7) is 7.98. The second kappa shape index (κ2) is 4.56. The number of carbonyl (C=O) groups excluding carboxylic acids is 1. The Bertz CT molecular complexity index is 380. The molecule has 0 saturated carbocycles. The molecule has 0 bridgehead atoms. The van der Waals surface area contributed by atoms with Crippen molar-refractivity contribution in [3.63, 3.8) is 0 Å². The van der Waals surface area contributed by atoms with Crippen LogP contribution in [0.5, 0.6) is 5.75 Å². The Labute approximate surface area is 96.5 Å². The first-order chi connectivity index (χ1) is 7.30. The van der Waals surface area contributed by atoms with E-state index in [1.54, 1.807) is 18.2 Å². The largest absolute Gasteiger partial charge is 0.508 e. The van der Waals surface area contributed by atoms with Crippen molar-refractivity contribution in [1.82, 2.24) is 0 Å². The van der Waals surface area contributed by atoms with Crippen LogP contribution < -0.4 is 5.32 Å². The topological polar surface area (TPSA) is 49.3 Å². The van der Waals surface area contributed by atoms with E-state index in [9.17, 15) is 9.90 Å². The minimum absolute atomic E-state index is 0.0295. The lowest BCUT2D eigenvalue weighted by molar-refractivity contribution is -0.122. The smallest absolute Gasteiger partial charge is 0.227 e. The molecule has 2 N–H and O–H groups in total. The van der Waals surface area contributed by atoms with Crippen molar-refractivity contribution in [2.45, 2.75) is 27.7 Å². The lowest BCUT2D eigenvalue weighted by atomic mass is 9.81. The molecule has 3 heteroatoms. The van der Waals surface area contributed by atoms with Gasteiger partial charge in [-0.3, -0.25) is 4.79 Å². The third-order valence-corrected chi connectivity index (χ3v) is 2.81. The summed E-state index contributed by atoms with van der Waals surface area (Å²) in [6, 6.07) is 6.57. The first-order valence-corrected chi connectivity index (χ1v) is 5.40. The molecule has 1 aromatic carbocycles. The van der Waals surface area contributed by atoms with Crippen LogP contribution >= 0.6 is 0 Å². The van der Waals surface area contributed by atoms with Crippen LogP contribution in [0.25, 0.3) is 0 Å². The van der Waals surface area contributed by atoms with Crippen molar-refractivity contribution < 1.29 is 9.90 Å². The third-order valence-electron chi connectivity index (χ3n) is 2.81. The summed E-state index contributed by atoms with van der Waals surface area (Å²) in [4.78, 5) is 11.9. The van der Waals surface area contributed by atoms with E-state index in [-0.39, 0.29) is 23.0 Å². The average molecular weight is 221 g/mol. The van der Waals surface area contributed by atoms with Crippen molar-refractivity contribution >= 4 is 11.6 Å². The molecule has 88 valence electrons. The molecule has 1 rings (SSSR count). The number of hydrogen-bond donors (Lipinski definition) is 2. The molecule has 0 fully saturated rings. The lowest BCUT2D eigenvalue weighted by Crippen LogP contribution is -2.30. The average Bonchev–Trinajstić information content (AvgIpc) is 2.15. The molecule has 3 nitrogen and oxygen atoms in total. The normalized spacial score (nSPS) is 13.2. The lowest BCUT2D eigenvalue weighted by Gasteiger charge is -2.26. The van der Waals surface area contributed by atoms with Gasteiger partial charge in [-0.25, -0.2) is 0 Å². The first-order valence-electron chi connectivity index (χ1n) is 5.40. The van der Waals surface area contributed by atoms with Crippen LogP contribution in [0.15, 0.2) is 24.3 Å². The number of hydrogen-bond acceptors (Lipinski definition) is 2. The van der Waals surface area contributed by atoms with Gasteiger partial charge in [-0.05, 0) is 17.5 Å². The molecule has 1 aromatic rings. The summed E-state index contributed by atoms with van der Waals surface area (Å²) in [5, 5.41) is 12.1. The summed E-state index contributed by atoms with van der Waals surface area (Å²) in [5.74, 6) is 0.0363. The molecule has 0 aromatic heterocycles. The molecule has 16 heavy (non-hydrogen) atoms. The van der Waals surface area contributed by atoms with Gasteiger partial charge in [0.1, 0.15) is 5.75 Å². The Hall–Kier alpha value is -1.51. The number of carbonyl (C=O) groups is 1. The van der Waals surface area contributed by atoms with Gasteiger partial charge in [-0.1, -0.05) is 33.8 Å². The fourth-order valence-corrected chi connectivity index (χ4v) is 1.23. The van der Waals surface area contributed by atoms with Gasteiger partial charge in [0, 0.05) is 17.7 Å². The van der Waals surface area contributed by atoms with Crippen LogP contribution in [-0.4, -0.2) is 11.0 Å². The van der Waals surface area contributed by atoms with E-state index < -0.39 is 0 Å². The van der Waals surface area contributed by atoms with E-state index in [1.807, 2.05) is 27.7 Å². The molecule has 0 aliphatic carbocycles. The van der Waals surface area contributed by atoms with Gasteiger partial charge in [-0.2, -0.15) is 0 Å². The summed E-state index contributed by atoms with van der Waals surface area (Å²) >= 11 is 0. The number of benzene rings is 1. The van der Waals surface area contributed by atoms with E-state index in [2.05, 4.69) is 5.32 Å². The molecule has 1 atom stereocenters. The number of rotatable bonds is 2. The maximum absolute atomic E-state index is 11.9. The van der Waals surface area contributed by atoms with Crippen molar-refractivity contribution in [2.75, 3.05) is 5.32 Å². The minimum atomic E-state index is -0.0881. The zero-order chi connectivity index (χ0) is 12.3. The molecule has 1 unspecified atom stereocenters. The molecule has 0 spiro atoms. The van der Waals surface area contributed by atoms with Crippen LogP contribution in [0.2, 0.25) is 0 Å². The molecule has 0 aliphatic rings. The molecule has 0 saturated heterocycles. The van der Waals surface area contributed by atoms with Gasteiger partial charge in [0.05, 0.1) is 0 Å². The number of anilines is 1. The SMILES string of the molecule is CC(C(=O)Nc1cccc(O)c1)C(C)(C)C. The molecule has 0 aliphatic heterocycles. The molecule has 0 radical (unpaired) electrons. The fraction of sp³-hybridized carbons (Fsp3) is 0.462. The molecule has 0 heterocycles. The van der Waals surface area contributed by atoms with E-state index in [0.29, 0.717) is 5.69 Å². The Kier molecular flexibility index (Phi) is 3.58. The first kappa shape index (κ1) is 12.6. The zero-order valence-corrected chi connectivity index (χ0v) is 10.2. The predicted octanol–water partition coefficient (Wildman–Crippen LogP) is 3.01. The third kappa shape index (κ3) is 3.26. The van der Waals surface area contributed by atoms with Gasteiger partial charge >= 0.3 is 0 Å². The quantitative estimate of drug-likeness (QED) is 0.806. The number of aromatic hydroxyl groups is 1. The highest BCUT2D eigenvalue weighted by Crippen LogP contribution is 2.26. The monoisotopic (exact) mass is 221 g/mol. The van der Waals surface area contributed by atoms with Crippen LogP contribution in [-0.2, 0) is 4.79 Å². The maximum Gasteiger partial charge on any atom is 0.227 e. The number of phenols is 1. The number of amides is 1. The van der Waals surface area contributed by atoms with Crippen LogP contribution in [0.1, 0.15) is 27.7 Å². The zero-order valence-electron chi connectivity index (χ0n) is 10.2. The van der Waals surface area contributed by atoms with Crippen molar-refractivity contribution in [1.29, 1.82) is 0 Å². The Morgan fingerprint density at radius 2 is 2.00 bits per heavy atom. The Morgan fingerprint density at radius 3 is 2.50 bits per heavy atom. The highest BCUT2D eigenvalue weighted by molar-refractivity contribution is 5.92. The number of nitrogens with one attached hydrogen (secondary N) is 1. The molecular formula is C13H19NO2. The fourth-order valence-electron chi connectivity index (χ4n) is 1.23. The van der Waals surface area contributed by atoms with Crippen LogP contribution in [0, 0.1) is 11.3 Å². The second-order valence-corrected chi connectivity index (χ2v) is 5.13. The van der Waals surface area contributed by atoms with E-state index in [1.165, 1.54) is 6.07 Å². The van der Waals surface area contributed by atoms with Gasteiger partial charge in [0.15, 0.2) is 0 Å². The Morgan fingerprint density at radius 1 is 1.38 bits per heavy atom. The van der Waals surface area contributed by atoms with Gasteiger partial charge in [0.25, 0.3) is 0 Å². The van der Waals surface area contributed by atoms with E-state index in [0.717, 1.165) is 0 Å². The van der Waals surface area contributed by atoms with Crippen LogP contribution in [0.4, 0.5) is 5.69 Å². The second-order valence-electron chi connectivity index (χ2n) is 5.13. The molecular weight excluding hydrogens is 202 g/mol. The highest BCUT2D eigenvalue weighted by atomic mass is 16.3. The van der Waals surface area contributed by atoms with Gasteiger partial charge in [-0.15, -0.1) is 0 Å². The molecule has 1 amide bonds. The summed E-state index contributed by atoms with van der Waals surface area (Å²) in [7, 11) is 0. The standard InChI is InChI=1S/C13H19NO2/c1-9(13(2,3)4)12(16)14-10-6-5-7-11(15)8-10/h5-9,15H,1-4H3,(H,14,16). The summed E-state index contributed by atoms with van der Waals surface area (Å²) < 4.78 is 0. The van der Waals surface area contributed by atoms with Crippen molar-refractivity contribution in [3.05, 3.63) is 24.3 Å². The highest BCUT2D eigenvalue weighted by Gasteiger charge is 2.26. The Balaban J connectivity index is 2.72.